The number of carbonyl (C=O) groups excluding carboxylic acids is 2. The van der Waals surface area contributed by atoms with Crippen molar-refractivity contribution in [1.82, 2.24) is 15.6 Å². The molecule has 0 unspecified atom stereocenters. The molecule has 32 heavy (non-hydrogen) atoms. The van der Waals surface area contributed by atoms with Crippen molar-refractivity contribution in [3.63, 3.8) is 0 Å². The summed E-state index contributed by atoms with van der Waals surface area (Å²) in [4.78, 5) is 29.8. The molecule has 0 spiro atoms. The maximum Gasteiger partial charge on any atom is 0.252 e. The van der Waals surface area contributed by atoms with Gasteiger partial charge in [0, 0.05) is 29.6 Å². The van der Waals surface area contributed by atoms with Crippen LogP contribution in [0.15, 0.2) is 84.9 Å². The van der Waals surface area contributed by atoms with E-state index in [0.717, 1.165) is 22.2 Å². The van der Waals surface area contributed by atoms with E-state index in [1.807, 2.05) is 66.7 Å². The van der Waals surface area contributed by atoms with Crippen LogP contribution in [-0.2, 0) is 0 Å². The zero-order valence-corrected chi connectivity index (χ0v) is 17.7. The molecule has 160 valence electrons. The van der Waals surface area contributed by atoms with Crippen molar-refractivity contribution in [1.29, 1.82) is 0 Å². The highest BCUT2D eigenvalue weighted by Gasteiger charge is 2.14. The lowest BCUT2D eigenvalue weighted by atomic mass is 10.0. The van der Waals surface area contributed by atoms with Crippen LogP contribution in [0.2, 0.25) is 0 Å². The molecule has 6 heteroatoms. The van der Waals surface area contributed by atoms with Gasteiger partial charge in [0.25, 0.3) is 11.8 Å². The zero-order chi connectivity index (χ0) is 22.3. The first-order valence-corrected chi connectivity index (χ1v) is 10.3. The summed E-state index contributed by atoms with van der Waals surface area (Å²) in [5, 5.41) is 6.48. The lowest BCUT2D eigenvalue weighted by Crippen LogP contribution is -2.34. The van der Waals surface area contributed by atoms with Gasteiger partial charge in [0.2, 0.25) is 0 Å². The van der Waals surface area contributed by atoms with Gasteiger partial charge < -0.3 is 15.4 Å². The van der Waals surface area contributed by atoms with Gasteiger partial charge in [-0.1, -0.05) is 36.4 Å². The molecule has 2 N–H and O–H groups in total. The number of hydrogen-bond donors (Lipinski definition) is 2. The maximum atomic E-state index is 13.0. The van der Waals surface area contributed by atoms with Gasteiger partial charge in [0.15, 0.2) is 0 Å². The summed E-state index contributed by atoms with van der Waals surface area (Å²) in [6.07, 6.45) is 0. The van der Waals surface area contributed by atoms with Crippen LogP contribution < -0.4 is 15.4 Å². The first kappa shape index (κ1) is 21.1. The third-order valence-electron chi connectivity index (χ3n) is 5.08. The second-order valence-electron chi connectivity index (χ2n) is 7.18. The molecule has 0 saturated carbocycles. The summed E-state index contributed by atoms with van der Waals surface area (Å²) in [5.41, 5.74) is 3.46. The third kappa shape index (κ3) is 4.75. The van der Waals surface area contributed by atoms with Crippen molar-refractivity contribution in [3.8, 4) is 17.0 Å². The molecule has 0 bridgehead atoms. The number of nitrogens with one attached hydrogen (secondary N) is 2. The summed E-state index contributed by atoms with van der Waals surface area (Å²) >= 11 is 0. The fourth-order valence-corrected chi connectivity index (χ4v) is 3.41. The number of pyridine rings is 1. The number of amides is 2. The number of fused-ring (bicyclic) bond motifs is 1. The highest BCUT2D eigenvalue weighted by atomic mass is 16.5. The second kappa shape index (κ2) is 9.75. The highest BCUT2D eigenvalue weighted by Crippen LogP contribution is 2.26. The molecular weight excluding hydrogens is 402 g/mol. The first-order valence-electron chi connectivity index (χ1n) is 10.3. The van der Waals surface area contributed by atoms with E-state index in [9.17, 15) is 9.59 Å². The Morgan fingerprint density at radius 2 is 1.47 bits per heavy atom. The lowest BCUT2D eigenvalue weighted by molar-refractivity contribution is 0.0928. The predicted molar refractivity (Wildman–Crippen MR) is 125 cm³/mol. The first-order chi connectivity index (χ1) is 15.7. The second-order valence-corrected chi connectivity index (χ2v) is 7.18. The van der Waals surface area contributed by atoms with Gasteiger partial charge in [-0.15, -0.1) is 0 Å². The molecule has 1 aromatic heterocycles. The van der Waals surface area contributed by atoms with Crippen molar-refractivity contribution >= 4 is 22.7 Å². The van der Waals surface area contributed by atoms with Crippen LogP contribution in [-0.4, -0.2) is 37.0 Å². The summed E-state index contributed by atoms with van der Waals surface area (Å²) < 4.78 is 5.22. The van der Waals surface area contributed by atoms with Crippen LogP contribution in [0.1, 0.15) is 20.7 Å². The molecule has 0 atom stereocenters. The molecule has 6 nitrogen and oxygen atoms in total. The summed E-state index contributed by atoms with van der Waals surface area (Å²) in [7, 11) is 1.62. The van der Waals surface area contributed by atoms with E-state index in [1.54, 1.807) is 25.3 Å². The topological polar surface area (TPSA) is 80.3 Å². The van der Waals surface area contributed by atoms with Gasteiger partial charge in [-0.2, -0.15) is 0 Å². The van der Waals surface area contributed by atoms with Crippen molar-refractivity contribution in [2.75, 3.05) is 20.2 Å². The Morgan fingerprint density at radius 3 is 2.19 bits per heavy atom. The molecule has 0 aliphatic heterocycles. The minimum Gasteiger partial charge on any atom is -0.497 e. The van der Waals surface area contributed by atoms with E-state index in [2.05, 4.69) is 10.6 Å². The SMILES string of the molecule is COc1ccc(-c2cc(C(=O)NCCNC(=O)c3ccccc3)c3ccccc3n2)cc1. The van der Waals surface area contributed by atoms with Crippen molar-refractivity contribution < 1.29 is 14.3 Å². The Hall–Kier alpha value is -4.19. The summed E-state index contributed by atoms with van der Waals surface area (Å²) in [5.74, 6) is 0.369. The van der Waals surface area contributed by atoms with Crippen LogP contribution in [0.25, 0.3) is 22.2 Å². The monoisotopic (exact) mass is 425 g/mol. The Kier molecular flexibility index (Phi) is 6.41. The zero-order valence-electron chi connectivity index (χ0n) is 17.7. The Labute approximate surface area is 186 Å². The van der Waals surface area contributed by atoms with E-state index in [0.29, 0.717) is 29.9 Å². The fraction of sp³-hybridized carbons (Fsp3) is 0.115. The minimum atomic E-state index is -0.215. The molecule has 0 aliphatic rings. The average molecular weight is 425 g/mol. The van der Waals surface area contributed by atoms with Crippen LogP contribution >= 0.6 is 0 Å². The normalized spacial score (nSPS) is 10.5. The van der Waals surface area contributed by atoms with E-state index in [-0.39, 0.29) is 11.8 Å². The van der Waals surface area contributed by atoms with Gasteiger partial charge in [-0.05, 0) is 48.5 Å². The number of para-hydroxylation sites is 1. The number of aromatic nitrogens is 1. The van der Waals surface area contributed by atoms with E-state index < -0.39 is 0 Å². The van der Waals surface area contributed by atoms with E-state index >= 15 is 0 Å². The van der Waals surface area contributed by atoms with Crippen LogP contribution in [0.4, 0.5) is 0 Å². The summed E-state index contributed by atoms with van der Waals surface area (Å²) in [6, 6.07) is 25.9. The van der Waals surface area contributed by atoms with E-state index in [4.69, 9.17) is 9.72 Å². The summed E-state index contributed by atoms with van der Waals surface area (Å²) in [6.45, 7) is 0.639. The average Bonchev–Trinajstić information content (AvgIpc) is 2.86. The molecule has 4 aromatic rings. The van der Waals surface area contributed by atoms with Gasteiger partial charge in [0.1, 0.15) is 5.75 Å². The van der Waals surface area contributed by atoms with Gasteiger partial charge in [-0.25, -0.2) is 4.98 Å². The molecule has 4 rings (SSSR count). The van der Waals surface area contributed by atoms with Gasteiger partial charge >= 0.3 is 0 Å². The molecule has 2 amide bonds. The molecule has 0 radical (unpaired) electrons. The van der Waals surface area contributed by atoms with Crippen LogP contribution in [0.3, 0.4) is 0 Å². The molecule has 3 aromatic carbocycles. The van der Waals surface area contributed by atoms with Gasteiger partial charge in [0.05, 0.1) is 23.9 Å². The number of benzene rings is 3. The molecule has 0 fully saturated rings. The van der Waals surface area contributed by atoms with Crippen molar-refractivity contribution in [3.05, 3.63) is 96.1 Å². The molecule has 1 heterocycles. The molecular formula is C26H23N3O3. The number of hydrogen-bond acceptors (Lipinski definition) is 4. The minimum absolute atomic E-state index is 0.170. The van der Waals surface area contributed by atoms with Crippen molar-refractivity contribution in [2.24, 2.45) is 0 Å². The number of ether oxygens (including phenoxy) is 1. The number of methoxy groups -OCH3 is 1. The standard InChI is InChI=1S/C26H23N3O3/c1-32-20-13-11-18(12-14-20)24-17-22(21-9-5-6-10-23(21)29-24)26(31)28-16-15-27-25(30)19-7-3-2-4-8-19/h2-14,17H,15-16H2,1H3,(H,27,30)(H,28,31). The van der Waals surface area contributed by atoms with Crippen molar-refractivity contribution in [2.45, 2.75) is 0 Å². The lowest BCUT2D eigenvalue weighted by Gasteiger charge is -2.11. The number of rotatable bonds is 7. The number of carbonyl (C=O) groups is 2. The van der Waals surface area contributed by atoms with E-state index in [1.165, 1.54) is 0 Å². The van der Waals surface area contributed by atoms with Crippen LogP contribution in [0, 0.1) is 0 Å². The highest BCUT2D eigenvalue weighted by molar-refractivity contribution is 6.07. The molecule has 0 saturated heterocycles. The van der Waals surface area contributed by atoms with Gasteiger partial charge in [-0.3, -0.25) is 9.59 Å². The third-order valence-corrected chi connectivity index (χ3v) is 5.08. The molecule has 0 aliphatic carbocycles. The maximum absolute atomic E-state index is 13.0. The fourth-order valence-electron chi connectivity index (χ4n) is 3.41. The Bertz CT molecular complexity index is 1240. The quantitative estimate of drug-likeness (QED) is 0.438. The predicted octanol–water partition coefficient (Wildman–Crippen LogP) is 4.07. The number of nitrogens with zero attached hydrogens (tertiary/aromatic N) is 1. The largest absolute Gasteiger partial charge is 0.497 e. The Balaban J connectivity index is 1.49. The Morgan fingerprint density at radius 1 is 0.812 bits per heavy atom. The van der Waals surface area contributed by atoms with Crippen LogP contribution in [0.5, 0.6) is 5.75 Å². The smallest absolute Gasteiger partial charge is 0.252 e.